The highest BCUT2D eigenvalue weighted by Gasteiger charge is 2.28. The molecule has 0 amide bonds. The minimum absolute atomic E-state index is 0.491. The molecule has 1 aromatic carbocycles. The van der Waals surface area contributed by atoms with Gasteiger partial charge in [0.2, 0.25) is 0 Å². The fourth-order valence-corrected chi connectivity index (χ4v) is 4.39. The quantitative estimate of drug-likeness (QED) is 0.651. The summed E-state index contributed by atoms with van der Waals surface area (Å²) in [5.41, 5.74) is 3.57. The molecule has 1 saturated carbocycles. The molecule has 148 valence electrons. The SMILES string of the molecule is CC(C)Cn1c(CN2CCC(n3cc(C4CC4)nn3)CC2)nc2ccccc21. The highest BCUT2D eigenvalue weighted by molar-refractivity contribution is 5.75. The summed E-state index contributed by atoms with van der Waals surface area (Å²) in [5.74, 6) is 2.49. The van der Waals surface area contributed by atoms with Crippen LogP contribution in [0.1, 0.15) is 63.0 Å². The van der Waals surface area contributed by atoms with E-state index in [-0.39, 0.29) is 0 Å². The molecule has 1 aliphatic heterocycles. The summed E-state index contributed by atoms with van der Waals surface area (Å²) < 4.78 is 4.55. The Hall–Kier alpha value is -2.21. The first-order chi connectivity index (χ1) is 13.7. The number of nitrogens with zero attached hydrogens (tertiary/aromatic N) is 6. The number of fused-ring (bicyclic) bond motifs is 1. The topological polar surface area (TPSA) is 51.8 Å². The van der Waals surface area contributed by atoms with Crippen LogP contribution in [0.5, 0.6) is 0 Å². The third kappa shape index (κ3) is 3.58. The Morgan fingerprint density at radius 2 is 1.86 bits per heavy atom. The standard InChI is InChI=1S/C22H30N6/c1-16(2)13-27-21-6-4-3-5-19(21)23-22(27)15-26-11-9-18(10-12-26)28-14-20(24-25-28)17-7-8-17/h3-6,14,16-18H,7-13,15H2,1-2H3. The number of aromatic nitrogens is 5. The zero-order chi connectivity index (χ0) is 19.1. The number of piperidine rings is 1. The number of likely N-dealkylation sites (tertiary alicyclic amines) is 1. The average Bonchev–Trinajstić information content (AvgIpc) is 3.34. The van der Waals surface area contributed by atoms with Crippen LogP contribution >= 0.6 is 0 Å². The summed E-state index contributed by atoms with van der Waals surface area (Å²) in [5, 5.41) is 8.81. The van der Waals surface area contributed by atoms with E-state index in [9.17, 15) is 0 Å². The van der Waals surface area contributed by atoms with Gasteiger partial charge in [0.15, 0.2) is 0 Å². The number of para-hydroxylation sites is 2. The van der Waals surface area contributed by atoms with Crippen molar-refractivity contribution in [1.29, 1.82) is 0 Å². The summed E-state index contributed by atoms with van der Waals surface area (Å²) in [6.07, 6.45) is 7.04. The lowest BCUT2D eigenvalue weighted by molar-refractivity contribution is 0.167. The molecule has 3 aromatic rings. The molecule has 0 N–H and O–H groups in total. The second-order valence-corrected chi connectivity index (χ2v) is 8.93. The fourth-order valence-electron chi connectivity index (χ4n) is 4.39. The number of imidazole rings is 1. The molecule has 3 heterocycles. The van der Waals surface area contributed by atoms with Crippen LogP contribution in [0.15, 0.2) is 30.5 Å². The highest BCUT2D eigenvalue weighted by Crippen LogP contribution is 2.39. The van der Waals surface area contributed by atoms with Gasteiger partial charge in [0.1, 0.15) is 5.82 Å². The van der Waals surface area contributed by atoms with Crippen molar-refractivity contribution in [3.05, 3.63) is 42.0 Å². The molecular formula is C22H30N6. The molecule has 0 atom stereocenters. The van der Waals surface area contributed by atoms with Crippen LogP contribution in [0.25, 0.3) is 11.0 Å². The smallest absolute Gasteiger partial charge is 0.124 e. The van der Waals surface area contributed by atoms with Crippen molar-refractivity contribution < 1.29 is 0 Å². The van der Waals surface area contributed by atoms with Crippen molar-refractivity contribution in [1.82, 2.24) is 29.4 Å². The van der Waals surface area contributed by atoms with Gasteiger partial charge in [-0.15, -0.1) is 5.10 Å². The average molecular weight is 379 g/mol. The molecule has 1 aliphatic carbocycles. The summed E-state index contributed by atoms with van der Waals surface area (Å²) in [6, 6.07) is 9.01. The molecule has 2 aliphatic rings. The van der Waals surface area contributed by atoms with Gasteiger partial charge in [-0.2, -0.15) is 0 Å². The van der Waals surface area contributed by atoms with Crippen LogP contribution in [0.2, 0.25) is 0 Å². The van der Waals surface area contributed by atoms with Gasteiger partial charge >= 0.3 is 0 Å². The second kappa shape index (κ2) is 7.32. The summed E-state index contributed by atoms with van der Waals surface area (Å²) in [6.45, 7) is 8.69. The van der Waals surface area contributed by atoms with Crippen LogP contribution in [0, 0.1) is 5.92 Å². The van der Waals surface area contributed by atoms with Gasteiger partial charge in [0, 0.05) is 31.7 Å². The Labute approximate surface area is 166 Å². The predicted molar refractivity (Wildman–Crippen MR) is 110 cm³/mol. The van der Waals surface area contributed by atoms with Crippen LogP contribution in [-0.4, -0.2) is 42.5 Å². The number of hydrogen-bond donors (Lipinski definition) is 0. The number of hydrogen-bond acceptors (Lipinski definition) is 4. The Morgan fingerprint density at radius 3 is 2.61 bits per heavy atom. The predicted octanol–water partition coefficient (Wildman–Crippen LogP) is 4.00. The van der Waals surface area contributed by atoms with E-state index in [0.717, 1.165) is 44.5 Å². The van der Waals surface area contributed by atoms with Crippen molar-refractivity contribution in [2.24, 2.45) is 5.92 Å². The maximum Gasteiger partial charge on any atom is 0.124 e. The van der Waals surface area contributed by atoms with Gasteiger partial charge in [-0.05, 0) is 43.7 Å². The van der Waals surface area contributed by atoms with E-state index >= 15 is 0 Å². The molecule has 28 heavy (non-hydrogen) atoms. The van der Waals surface area contributed by atoms with Gasteiger partial charge in [-0.1, -0.05) is 31.2 Å². The lowest BCUT2D eigenvalue weighted by Crippen LogP contribution is -2.35. The lowest BCUT2D eigenvalue weighted by atomic mass is 10.1. The van der Waals surface area contributed by atoms with Crippen molar-refractivity contribution >= 4 is 11.0 Å². The molecule has 6 nitrogen and oxygen atoms in total. The first-order valence-corrected chi connectivity index (χ1v) is 10.8. The summed E-state index contributed by atoms with van der Waals surface area (Å²) in [7, 11) is 0. The lowest BCUT2D eigenvalue weighted by Gasteiger charge is -2.31. The molecule has 0 unspecified atom stereocenters. The summed E-state index contributed by atoms with van der Waals surface area (Å²) in [4.78, 5) is 7.51. The minimum atomic E-state index is 0.491. The van der Waals surface area contributed by atoms with E-state index in [1.54, 1.807) is 0 Å². The summed E-state index contributed by atoms with van der Waals surface area (Å²) >= 11 is 0. The number of benzene rings is 1. The molecule has 1 saturated heterocycles. The van der Waals surface area contributed by atoms with Gasteiger partial charge in [0.25, 0.3) is 0 Å². The van der Waals surface area contributed by atoms with Gasteiger partial charge in [-0.25, -0.2) is 9.67 Å². The van der Waals surface area contributed by atoms with Crippen LogP contribution in [0.3, 0.4) is 0 Å². The van der Waals surface area contributed by atoms with Gasteiger partial charge < -0.3 is 4.57 Å². The maximum atomic E-state index is 4.96. The van der Waals surface area contributed by atoms with E-state index in [4.69, 9.17) is 4.98 Å². The molecule has 0 spiro atoms. The molecule has 0 bridgehead atoms. The minimum Gasteiger partial charge on any atom is -0.327 e. The first-order valence-electron chi connectivity index (χ1n) is 10.8. The third-order valence-electron chi connectivity index (χ3n) is 6.10. The van der Waals surface area contributed by atoms with E-state index in [1.165, 1.54) is 29.9 Å². The van der Waals surface area contributed by atoms with Crippen molar-refractivity contribution in [3.63, 3.8) is 0 Å². The van der Waals surface area contributed by atoms with E-state index in [2.05, 4.69) is 68.8 Å². The molecule has 2 aromatic heterocycles. The first kappa shape index (κ1) is 17.9. The highest BCUT2D eigenvalue weighted by atomic mass is 15.4. The van der Waals surface area contributed by atoms with Crippen molar-refractivity contribution in [2.75, 3.05) is 13.1 Å². The Morgan fingerprint density at radius 1 is 1.07 bits per heavy atom. The fraction of sp³-hybridized carbons (Fsp3) is 0.591. The number of rotatable bonds is 6. The second-order valence-electron chi connectivity index (χ2n) is 8.93. The Bertz CT molecular complexity index is 943. The van der Waals surface area contributed by atoms with Gasteiger partial charge in [0.05, 0.1) is 29.3 Å². The van der Waals surface area contributed by atoms with Crippen LogP contribution in [0.4, 0.5) is 0 Å². The molecule has 6 heteroatoms. The van der Waals surface area contributed by atoms with Crippen molar-refractivity contribution in [3.8, 4) is 0 Å². The van der Waals surface area contributed by atoms with E-state index < -0.39 is 0 Å². The Balaban J connectivity index is 1.27. The molecular weight excluding hydrogens is 348 g/mol. The monoisotopic (exact) mass is 378 g/mol. The van der Waals surface area contributed by atoms with Crippen LogP contribution in [-0.2, 0) is 13.1 Å². The van der Waals surface area contributed by atoms with Crippen LogP contribution < -0.4 is 0 Å². The molecule has 2 fully saturated rings. The normalized spacial score (nSPS) is 19.1. The van der Waals surface area contributed by atoms with E-state index in [0.29, 0.717) is 17.9 Å². The largest absolute Gasteiger partial charge is 0.327 e. The Kier molecular flexibility index (Phi) is 4.67. The zero-order valence-electron chi connectivity index (χ0n) is 17.0. The van der Waals surface area contributed by atoms with E-state index in [1.807, 2.05) is 0 Å². The maximum absolute atomic E-state index is 4.96. The van der Waals surface area contributed by atoms with Crippen molar-refractivity contribution in [2.45, 2.75) is 64.6 Å². The molecule has 5 rings (SSSR count). The molecule has 0 radical (unpaired) electrons. The zero-order valence-corrected chi connectivity index (χ0v) is 17.0. The van der Waals surface area contributed by atoms with Gasteiger partial charge in [-0.3, -0.25) is 4.90 Å². The third-order valence-corrected chi connectivity index (χ3v) is 6.10.